The predicted molar refractivity (Wildman–Crippen MR) is 107 cm³/mol. The molecule has 1 unspecified atom stereocenters. The fourth-order valence-corrected chi connectivity index (χ4v) is 6.12. The van der Waals surface area contributed by atoms with Crippen molar-refractivity contribution in [1.82, 2.24) is 0 Å². The predicted octanol–water partition coefficient (Wildman–Crippen LogP) is 6.34. The second kappa shape index (κ2) is 4.93. The third-order valence-electron chi connectivity index (χ3n) is 5.36. The van der Waals surface area contributed by atoms with E-state index in [0.717, 1.165) is 21.0 Å². The van der Waals surface area contributed by atoms with Crippen LogP contribution >= 0.6 is 22.7 Å². The second-order valence-corrected chi connectivity index (χ2v) is 9.77. The number of thiophene rings is 2. The summed E-state index contributed by atoms with van der Waals surface area (Å²) in [5.41, 5.74) is 3.95. The molecule has 5 rings (SSSR count). The Morgan fingerprint density at radius 1 is 1.24 bits per heavy atom. The number of ether oxygens (including phenoxy) is 1. The highest BCUT2D eigenvalue weighted by Gasteiger charge is 2.46. The summed E-state index contributed by atoms with van der Waals surface area (Å²) in [5, 5.41) is 4.64. The van der Waals surface area contributed by atoms with Crippen LogP contribution in [0.25, 0.3) is 10.1 Å². The number of hydrogen-bond acceptors (Lipinski definition) is 4. The quantitative estimate of drug-likeness (QED) is 0.459. The molecule has 0 aliphatic carbocycles. The number of rotatable bonds is 1. The average Bonchev–Trinajstić information content (AvgIpc) is 3.15. The largest absolute Gasteiger partial charge is 0.455 e. The summed E-state index contributed by atoms with van der Waals surface area (Å²) in [6.07, 6.45) is 2.09. The van der Waals surface area contributed by atoms with Gasteiger partial charge >= 0.3 is 0 Å². The number of nitrogens with zero attached hydrogens (tertiary/aromatic N) is 2. The van der Waals surface area contributed by atoms with Gasteiger partial charge in [0.05, 0.1) is 30.1 Å². The standard InChI is InChI=1S/C20H21N2OS2/c1-10(2)19-18-16-17(22(4,5)9-21-20(16)25-19)15-11(3)12-6-7-24-14(12)8-13(15)23-18/h6-10,17H,1-5H3/q+1. The lowest BCUT2D eigenvalue weighted by atomic mass is 9.88. The molecule has 0 fully saturated rings. The van der Waals surface area contributed by atoms with Crippen molar-refractivity contribution < 1.29 is 9.22 Å². The topological polar surface area (TPSA) is 21.6 Å². The van der Waals surface area contributed by atoms with Crippen molar-refractivity contribution >= 4 is 44.1 Å². The van der Waals surface area contributed by atoms with E-state index in [1.165, 1.54) is 31.7 Å². The first-order valence-electron chi connectivity index (χ1n) is 8.62. The molecule has 4 heterocycles. The second-order valence-electron chi connectivity index (χ2n) is 7.79. The third-order valence-corrected chi connectivity index (χ3v) is 7.62. The maximum absolute atomic E-state index is 6.54. The molecule has 0 radical (unpaired) electrons. The average molecular weight is 370 g/mol. The highest BCUT2D eigenvalue weighted by Crippen LogP contribution is 2.59. The Morgan fingerprint density at radius 2 is 2.04 bits per heavy atom. The van der Waals surface area contributed by atoms with Crippen molar-refractivity contribution in [2.75, 3.05) is 14.1 Å². The van der Waals surface area contributed by atoms with Gasteiger partial charge in [-0.15, -0.1) is 22.7 Å². The molecule has 2 aromatic heterocycles. The normalized spacial score (nSPS) is 19.8. The van der Waals surface area contributed by atoms with Crippen LogP contribution in [-0.2, 0) is 0 Å². The van der Waals surface area contributed by atoms with Crippen LogP contribution in [0.1, 0.15) is 47.4 Å². The van der Waals surface area contributed by atoms with Gasteiger partial charge in [-0.1, -0.05) is 13.8 Å². The lowest BCUT2D eigenvalue weighted by Gasteiger charge is -2.40. The molecule has 3 nitrogen and oxygen atoms in total. The maximum Gasteiger partial charge on any atom is 0.191 e. The Balaban J connectivity index is 1.88. The van der Waals surface area contributed by atoms with Gasteiger partial charge in [-0.05, 0) is 41.3 Å². The molecule has 25 heavy (non-hydrogen) atoms. The summed E-state index contributed by atoms with van der Waals surface area (Å²) < 4.78 is 8.57. The van der Waals surface area contributed by atoms with Crippen LogP contribution in [-0.4, -0.2) is 24.9 Å². The Bertz CT molecular complexity index is 1060. The number of benzene rings is 1. The van der Waals surface area contributed by atoms with Crippen molar-refractivity contribution in [2.24, 2.45) is 4.99 Å². The Hall–Kier alpha value is -1.69. The van der Waals surface area contributed by atoms with E-state index >= 15 is 0 Å². The third kappa shape index (κ3) is 1.97. The fourth-order valence-electron chi connectivity index (χ4n) is 4.14. The molecule has 0 N–H and O–H groups in total. The minimum absolute atomic E-state index is 0.249. The van der Waals surface area contributed by atoms with Gasteiger partial charge in [0.2, 0.25) is 0 Å². The van der Waals surface area contributed by atoms with Gasteiger partial charge in [-0.3, -0.25) is 4.48 Å². The fraction of sp³-hybridized carbons (Fsp3) is 0.350. The van der Waals surface area contributed by atoms with Gasteiger partial charge in [-0.25, -0.2) is 0 Å². The van der Waals surface area contributed by atoms with E-state index in [2.05, 4.69) is 58.7 Å². The molecule has 5 heteroatoms. The number of aryl methyl sites for hydroxylation is 1. The highest BCUT2D eigenvalue weighted by molar-refractivity contribution is 7.17. The molecule has 0 bridgehead atoms. The van der Waals surface area contributed by atoms with Gasteiger partial charge in [0.25, 0.3) is 0 Å². The lowest BCUT2D eigenvalue weighted by Crippen LogP contribution is -2.45. The SMILES string of the molecule is Cc1c2c(cc3sccc13)Oc1c(C(C)C)sc3c1C2[N+](C)(C)C=N3. The first kappa shape index (κ1) is 15.6. The summed E-state index contributed by atoms with van der Waals surface area (Å²) in [5.74, 6) is 2.52. The Kier molecular flexibility index (Phi) is 3.07. The summed E-state index contributed by atoms with van der Waals surface area (Å²) in [7, 11) is 4.47. The molecule has 0 spiro atoms. The van der Waals surface area contributed by atoms with Crippen molar-refractivity contribution in [3.63, 3.8) is 0 Å². The van der Waals surface area contributed by atoms with Crippen molar-refractivity contribution in [1.29, 1.82) is 0 Å². The molecule has 2 aliphatic rings. The molecule has 1 atom stereocenters. The minimum atomic E-state index is 0.249. The number of quaternary nitrogens is 1. The zero-order valence-corrected chi connectivity index (χ0v) is 16.7. The van der Waals surface area contributed by atoms with Crippen molar-refractivity contribution in [3.05, 3.63) is 39.1 Å². The summed E-state index contributed by atoms with van der Waals surface area (Å²) >= 11 is 3.58. The first-order chi connectivity index (χ1) is 11.9. The summed E-state index contributed by atoms with van der Waals surface area (Å²) in [6.45, 7) is 6.71. The Labute approximate surface area is 155 Å². The van der Waals surface area contributed by atoms with Crippen molar-refractivity contribution in [2.45, 2.75) is 32.7 Å². The monoisotopic (exact) mass is 369 g/mol. The summed E-state index contributed by atoms with van der Waals surface area (Å²) in [6, 6.07) is 4.72. The lowest BCUT2D eigenvalue weighted by molar-refractivity contribution is -0.821. The van der Waals surface area contributed by atoms with E-state index in [4.69, 9.17) is 9.73 Å². The van der Waals surface area contributed by atoms with Crippen LogP contribution in [0.2, 0.25) is 0 Å². The molecule has 0 saturated carbocycles. The van der Waals surface area contributed by atoms with E-state index in [-0.39, 0.29) is 6.04 Å². The molecule has 1 aromatic carbocycles. The summed E-state index contributed by atoms with van der Waals surface area (Å²) in [4.78, 5) is 6.09. The number of fused-ring (bicyclic) bond motifs is 3. The zero-order valence-electron chi connectivity index (χ0n) is 15.1. The number of aliphatic imine (C=N–C) groups is 1. The molecular weight excluding hydrogens is 348 g/mol. The van der Waals surface area contributed by atoms with Crippen LogP contribution in [0, 0.1) is 6.92 Å². The van der Waals surface area contributed by atoms with Gasteiger partial charge in [0, 0.05) is 4.70 Å². The Morgan fingerprint density at radius 3 is 2.80 bits per heavy atom. The van der Waals surface area contributed by atoms with Gasteiger partial charge in [0.1, 0.15) is 10.8 Å². The molecular formula is C20H21N2OS2+. The molecule has 3 aromatic rings. The van der Waals surface area contributed by atoms with Crippen LogP contribution in [0.3, 0.4) is 0 Å². The smallest absolute Gasteiger partial charge is 0.191 e. The highest BCUT2D eigenvalue weighted by atomic mass is 32.1. The van der Waals surface area contributed by atoms with Crippen LogP contribution in [0.5, 0.6) is 11.5 Å². The molecule has 128 valence electrons. The van der Waals surface area contributed by atoms with Crippen molar-refractivity contribution in [3.8, 4) is 11.5 Å². The van der Waals surface area contributed by atoms with Crippen LogP contribution in [0.4, 0.5) is 5.00 Å². The zero-order chi connectivity index (χ0) is 17.5. The van der Waals surface area contributed by atoms with E-state index in [9.17, 15) is 0 Å². The van der Waals surface area contributed by atoms with Gasteiger partial charge in [-0.2, -0.15) is 4.99 Å². The van der Waals surface area contributed by atoms with Gasteiger partial charge < -0.3 is 4.74 Å². The van der Waals surface area contributed by atoms with E-state index in [1.54, 1.807) is 22.7 Å². The maximum atomic E-state index is 6.54. The first-order valence-corrected chi connectivity index (χ1v) is 10.3. The molecule has 0 amide bonds. The van der Waals surface area contributed by atoms with Gasteiger partial charge in [0.15, 0.2) is 18.1 Å². The van der Waals surface area contributed by atoms with E-state index in [1.807, 2.05) is 0 Å². The van der Waals surface area contributed by atoms with Crippen LogP contribution in [0.15, 0.2) is 22.5 Å². The van der Waals surface area contributed by atoms with Crippen LogP contribution < -0.4 is 4.74 Å². The minimum Gasteiger partial charge on any atom is -0.455 e. The van der Waals surface area contributed by atoms with E-state index in [0.29, 0.717) is 5.92 Å². The molecule has 0 saturated heterocycles. The van der Waals surface area contributed by atoms with E-state index < -0.39 is 0 Å². The molecule has 2 aliphatic heterocycles. The number of hydrogen-bond donors (Lipinski definition) is 0.